The normalized spacial score (nSPS) is 27.1. The SMILES string of the molecule is C=CCCCC1CCC(CCC2CCC(c3ccc(COCCC)cc3)CC2)CC1. The lowest BCUT2D eigenvalue weighted by Crippen LogP contribution is -2.17. The predicted octanol–water partition coefficient (Wildman–Crippen LogP) is 8.83. The van der Waals surface area contributed by atoms with Crippen molar-refractivity contribution >= 4 is 0 Å². The summed E-state index contributed by atoms with van der Waals surface area (Å²) in [6.45, 7) is 7.65. The van der Waals surface area contributed by atoms with Gasteiger partial charge in [-0.05, 0) is 79.7 Å². The zero-order valence-corrected chi connectivity index (χ0v) is 19.6. The van der Waals surface area contributed by atoms with Crippen LogP contribution in [0, 0.1) is 17.8 Å². The average molecular weight is 411 g/mol. The van der Waals surface area contributed by atoms with E-state index in [0.717, 1.165) is 43.3 Å². The molecule has 0 aliphatic heterocycles. The van der Waals surface area contributed by atoms with E-state index in [2.05, 4.69) is 43.8 Å². The van der Waals surface area contributed by atoms with Crippen molar-refractivity contribution in [3.05, 3.63) is 48.0 Å². The molecule has 1 heteroatoms. The molecule has 1 nitrogen and oxygen atoms in total. The van der Waals surface area contributed by atoms with E-state index in [1.165, 1.54) is 89.0 Å². The van der Waals surface area contributed by atoms with Gasteiger partial charge in [-0.25, -0.2) is 0 Å². The fourth-order valence-electron chi connectivity index (χ4n) is 5.84. The maximum atomic E-state index is 5.67. The van der Waals surface area contributed by atoms with Crippen molar-refractivity contribution in [2.75, 3.05) is 6.61 Å². The smallest absolute Gasteiger partial charge is 0.0716 e. The molecule has 2 fully saturated rings. The fraction of sp³-hybridized carbons (Fsp3) is 0.724. The molecule has 30 heavy (non-hydrogen) atoms. The third kappa shape index (κ3) is 7.88. The van der Waals surface area contributed by atoms with Crippen LogP contribution in [0.1, 0.15) is 114 Å². The second kappa shape index (κ2) is 13.4. The third-order valence-corrected chi connectivity index (χ3v) is 7.89. The molecule has 1 aromatic rings. The van der Waals surface area contributed by atoms with Crippen LogP contribution in [0.25, 0.3) is 0 Å². The van der Waals surface area contributed by atoms with Gasteiger partial charge in [0, 0.05) is 6.61 Å². The number of allylic oxidation sites excluding steroid dienone is 1. The first-order valence-electron chi connectivity index (χ1n) is 13.1. The maximum absolute atomic E-state index is 5.67. The Morgan fingerprint density at radius 2 is 1.40 bits per heavy atom. The Hall–Kier alpha value is -1.08. The molecule has 2 aliphatic rings. The minimum atomic E-state index is 0.762. The van der Waals surface area contributed by atoms with Gasteiger partial charge in [0.05, 0.1) is 6.61 Å². The molecule has 0 unspecified atom stereocenters. The van der Waals surface area contributed by atoms with Crippen molar-refractivity contribution in [3.8, 4) is 0 Å². The van der Waals surface area contributed by atoms with Crippen LogP contribution >= 0.6 is 0 Å². The summed E-state index contributed by atoms with van der Waals surface area (Å²) < 4.78 is 5.67. The second-order valence-electron chi connectivity index (χ2n) is 10.2. The Morgan fingerprint density at radius 3 is 1.97 bits per heavy atom. The Morgan fingerprint density at radius 1 is 0.833 bits per heavy atom. The lowest BCUT2D eigenvalue weighted by atomic mass is 9.74. The van der Waals surface area contributed by atoms with Gasteiger partial charge in [-0.15, -0.1) is 6.58 Å². The Bertz CT molecular complexity index is 573. The molecule has 0 bridgehead atoms. The maximum Gasteiger partial charge on any atom is 0.0716 e. The summed E-state index contributed by atoms with van der Waals surface area (Å²) in [5.41, 5.74) is 2.87. The summed E-state index contributed by atoms with van der Waals surface area (Å²) in [4.78, 5) is 0. The number of ether oxygens (including phenoxy) is 1. The monoisotopic (exact) mass is 410 g/mol. The van der Waals surface area contributed by atoms with Crippen LogP contribution in [-0.4, -0.2) is 6.61 Å². The first-order chi connectivity index (χ1) is 14.8. The van der Waals surface area contributed by atoms with E-state index in [1.807, 2.05) is 0 Å². The Labute approximate surface area is 186 Å². The van der Waals surface area contributed by atoms with E-state index >= 15 is 0 Å². The molecule has 0 amide bonds. The molecule has 0 atom stereocenters. The third-order valence-electron chi connectivity index (χ3n) is 7.89. The number of benzene rings is 1. The largest absolute Gasteiger partial charge is 0.377 e. The van der Waals surface area contributed by atoms with Gasteiger partial charge in [0.25, 0.3) is 0 Å². The molecule has 0 heterocycles. The van der Waals surface area contributed by atoms with Gasteiger partial charge in [-0.2, -0.15) is 0 Å². The quantitative estimate of drug-likeness (QED) is 0.247. The number of hydrogen-bond donors (Lipinski definition) is 0. The number of hydrogen-bond acceptors (Lipinski definition) is 1. The summed E-state index contributed by atoms with van der Waals surface area (Å²) in [6, 6.07) is 9.29. The highest BCUT2D eigenvalue weighted by Gasteiger charge is 2.25. The molecule has 0 radical (unpaired) electrons. The van der Waals surface area contributed by atoms with E-state index in [0.29, 0.717) is 0 Å². The highest BCUT2D eigenvalue weighted by Crippen LogP contribution is 2.40. The van der Waals surface area contributed by atoms with E-state index in [4.69, 9.17) is 4.74 Å². The standard InChI is InChI=1S/C29H46O/c1-3-5-6-7-24-8-10-25(11-9-24)12-13-26-14-18-28(19-15-26)29-20-16-27(17-21-29)23-30-22-4-2/h3,16-17,20-21,24-26,28H,1,4-15,18-19,22-23H2,2H3. The van der Waals surface area contributed by atoms with E-state index in [9.17, 15) is 0 Å². The highest BCUT2D eigenvalue weighted by atomic mass is 16.5. The van der Waals surface area contributed by atoms with Crippen LogP contribution in [0.5, 0.6) is 0 Å². The molecule has 0 saturated heterocycles. The van der Waals surface area contributed by atoms with Gasteiger partial charge in [0.15, 0.2) is 0 Å². The zero-order chi connectivity index (χ0) is 21.0. The number of rotatable bonds is 12. The van der Waals surface area contributed by atoms with Crippen LogP contribution < -0.4 is 0 Å². The molecule has 1 aromatic carbocycles. The van der Waals surface area contributed by atoms with Crippen molar-refractivity contribution in [3.63, 3.8) is 0 Å². The first kappa shape index (κ1) is 23.6. The molecule has 0 spiro atoms. The Kier molecular flexibility index (Phi) is 10.5. The van der Waals surface area contributed by atoms with Gasteiger partial charge in [0.1, 0.15) is 0 Å². The minimum absolute atomic E-state index is 0.762. The highest BCUT2D eigenvalue weighted by molar-refractivity contribution is 5.25. The van der Waals surface area contributed by atoms with Crippen LogP contribution in [0.15, 0.2) is 36.9 Å². The summed E-state index contributed by atoms with van der Waals surface area (Å²) >= 11 is 0. The second-order valence-corrected chi connectivity index (χ2v) is 10.2. The molecule has 3 rings (SSSR count). The van der Waals surface area contributed by atoms with E-state index in [1.54, 1.807) is 5.56 Å². The molecule has 168 valence electrons. The Balaban J connectivity index is 1.30. The summed E-state index contributed by atoms with van der Waals surface area (Å²) in [5.74, 6) is 3.83. The molecule has 2 saturated carbocycles. The van der Waals surface area contributed by atoms with Gasteiger partial charge >= 0.3 is 0 Å². The molecule has 0 aromatic heterocycles. The lowest BCUT2D eigenvalue weighted by molar-refractivity contribution is 0.121. The van der Waals surface area contributed by atoms with Gasteiger partial charge in [-0.3, -0.25) is 0 Å². The van der Waals surface area contributed by atoms with E-state index in [-0.39, 0.29) is 0 Å². The van der Waals surface area contributed by atoms with Crippen molar-refractivity contribution in [1.82, 2.24) is 0 Å². The molecule has 0 N–H and O–H groups in total. The summed E-state index contributed by atoms with van der Waals surface area (Å²) in [5, 5.41) is 0. The van der Waals surface area contributed by atoms with Crippen molar-refractivity contribution in [2.45, 2.75) is 109 Å². The minimum Gasteiger partial charge on any atom is -0.377 e. The van der Waals surface area contributed by atoms with Crippen molar-refractivity contribution < 1.29 is 4.74 Å². The zero-order valence-electron chi connectivity index (χ0n) is 19.6. The van der Waals surface area contributed by atoms with Crippen LogP contribution in [0.3, 0.4) is 0 Å². The molecular weight excluding hydrogens is 364 g/mol. The van der Waals surface area contributed by atoms with Gasteiger partial charge in [-0.1, -0.05) is 82.2 Å². The average Bonchev–Trinajstić information content (AvgIpc) is 2.80. The number of unbranched alkanes of at least 4 members (excludes halogenated alkanes) is 1. The summed E-state index contributed by atoms with van der Waals surface area (Å²) in [6.07, 6.45) is 21.9. The topological polar surface area (TPSA) is 9.23 Å². The molecular formula is C29H46O. The van der Waals surface area contributed by atoms with Gasteiger partial charge in [0.2, 0.25) is 0 Å². The van der Waals surface area contributed by atoms with Crippen molar-refractivity contribution in [2.24, 2.45) is 17.8 Å². The van der Waals surface area contributed by atoms with Crippen LogP contribution in [-0.2, 0) is 11.3 Å². The fourth-order valence-corrected chi connectivity index (χ4v) is 5.84. The van der Waals surface area contributed by atoms with Crippen LogP contribution in [0.4, 0.5) is 0 Å². The lowest BCUT2D eigenvalue weighted by Gasteiger charge is -2.32. The first-order valence-corrected chi connectivity index (χ1v) is 13.1. The summed E-state index contributed by atoms with van der Waals surface area (Å²) in [7, 11) is 0. The van der Waals surface area contributed by atoms with E-state index < -0.39 is 0 Å². The van der Waals surface area contributed by atoms with Gasteiger partial charge < -0.3 is 4.74 Å². The predicted molar refractivity (Wildman–Crippen MR) is 130 cm³/mol. The van der Waals surface area contributed by atoms with Crippen molar-refractivity contribution in [1.29, 1.82) is 0 Å². The molecule has 2 aliphatic carbocycles. The van der Waals surface area contributed by atoms with Crippen LogP contribution in [0.2, 0.25) is 0 Å².